The van der Waals surface area contributed by atoms with Gasteiger partial charge in [-0.25, -0.2) is 12.8 Å². The third-order valence-electron chi connectivity index (χ3n) is 5.21. The predicted octanol–water partition coefficient (Wildman–Crippen LogP) is 2.89. The van der Waals surface area contributed by atoms with E-state index in [2.05, 4.69) is 0 Å². The summed E-state index contributed by atoms with van der Waals surface area (Å²) in [7, 11) is -0.351. The smallest absolute Gasteiger partial charge is 0.243 e. The zero-order valence-electron chi connectivity index (χ0n) is 16.5. The van der Waals surface area contributed by atoms with E-state index in [1.54, 1.807) is 36.2 Å². The van der Waals surface area contributed by atoms with Crippen molar-refractivity contribution in [3.8, 4) is 5.75 Å². The van der Waals surface area contributed by atoms with Gasteiger partial charge in [-0.1, -0.05) is 12.1 Å². The van der Waals surface area contributed by atoms with Crippen molar-refractivity contribution in [3.63, 3.8) is 0 Å². The lowest BCUT2D eigenvalue weighted by molar-refractivity contribution is -0.135. The summed E-state index contributed by atoms with van der Waals surface area (Å²) in [5.74, 6) is 0.0456. The Hall–Kier alpha value is -2.45. The Morgan fingerprint density at radius 3 is 2.24 bits per heavy atom. The Morgan fingerprint density at radius 2 is 1.69 bits per heavy atom. The summed E-state index contributed by atoms with van der Waals surface area (Å²) in [6, 6.07) is 12.4. The summed E-state index contributed by atoms with van der Waals surface area (Å²) < 4.78 is 45.2. The van der Waals surface area contributed by atoms with Crippen molar-refractivity contribution in [1.29, 1.82) is 0 Å². The first kappa shape index (κ1) is 21.3. The Bertz CT molecular complexity index is 938. The van der Waals surface area contributed by atoms with Crippen LogP contribution >= 0.6 is 0 Å². The molecule has 8 heteroatoms. The summed E-state index contributed by atoms with van der Waals surface area (Å²) in [5, 5.41) is 0. The van der Waals surface area contributed by atoms with Crippen LogP contribution in [0.5, 0.6) is 5.75 Å². The van der Waals surface area contributed by atoms with Crippen LogP contribution in [0, 0.1) is 11.7 Å². The molecule has 3 rings (SSSR count). The highest BCUT2D eigenvalue weighted by Crippen LogP contribution is 2.26. The first-order valence-corrected chi connectivity index (χ1v) is 10.9. The van der Waals surface area contributed by atoms with Crippen molar-refractivity contribution in [2.45, 2.75) is 24.3 Å². The van der Waals surface area contributed by atoms with Crippen LogP contribution in [-0.2, 0) is 21.4 Å². The summed E-state index contributed by atoms with van der Waals surface area (Å²) >= 11 is 0. The number of nitrogens with zero attached hydrogens (tertiary/aromatic N) is 2. The Balaban J connectivity index is 1.58. The van der Waals surface area contributed by atoms with Crippen LogP contribution in [-0.4, -0.2) is 50.8 Å². The maximum Gasteiger partial charge on any atom is 0.243 e. The molecule has 0 spiro atoms. The molecule has 2 aromatic carbocycles. The highest BCUT2D eigenvalue weighted by Gasteiger charge is 2.33. The minimum atomic E-state index is -3.59. The SMILES string of the molecule is COc1ccc(S(=O)(=O)N2CCC(C(=O)N(C)Cc3ccc(F)cc3)CC2)cc1. The maximum absolute atomic E-state index is 13.0. The second-order valence-corrected chi connectivity index (χ2v) is 9.11. The van der Waals surface area contributed by atoms with Gasteiger partial charge in [0.15, 0.2) is 0 Å². The van der Waals surface area contributed by atoms with E-state index in [0.717, 1.165) is 5.56 Å². The molecule has 0 atom stereocenters. The van der Waals surface area contributed by atoms with E-state index < -0.39 is 10.0 Å². The molecule has 156 valence electrons. The maximum atomic E-state index is 13.0. The topological polar surface area (TPSA) is 66.9 Å². The summed E-state index contributed by atoms with van der Waals surface area (Å²) in [6.45, 7) is 0.994. The van der Waals surface area contributed by atoms with Gasteiger partial charge < -0.3 is 9.64 Å². The van der Waals surface area contributed by atoms with Crippen LogP contribution in [0.2, 0.25) is 0 Å². The standard InChI is InChI=1S/C21H25FN2O4S/c1-23(15-16-3-5-18(22)6-4-16)21(25)17-11-13-24(14-12-17)29(26,27)20-9-7-19(28-2)8-10-20/h3-10,17H,11-15H2,1-2H3. The van der Waals surface area contributed by atoms with E-state index in [4.69, 9.17) is 4.74 Å². The molecule has 0 radical (unpaired) electrons. The zero-order chi connectivity index (χ0) is 21.0. The number of sulfonamides is 1. The number of methoxy groups -OCH3 is 1. The van der Waals surface area contributed by atoms with Crippen molar-refractivity contribution >= 4 is 15.9 Å². The minimum absolute atomic E-state index is 0.0178. The number of amides is 1. The highest BCUT2D eigenvalue weighted by molar-refractivity contribution is 7.89. The molecule has 1 heterocycles. The van der Waals surface area contributed by atoms with Gasteiger partial charge in [-0.15, -0.1) is 0 Å². The van der Waals surface area contributed by atoms with Crippen LogP contribution in [0.25, 0.3) is 0 Å². The van der Waals surface area contributed by atoms with E-state index in [0.29, 0.717) is 38.2 Å². The molecule has 0 saturated carbocycles. The van der Waals surface area contributed by atoms with Gasteiger partial charge in [-0.2, -0.15) is 4.31 Å². The number of carbonyl (C=O) groups is 1. The van der Waals surface area contributed by atoms with E-state index in [-0.39, 0.29) is 22.5 Å². The van der Waals surface area contributed by atoms with Gasteiger partial charge in [0.25, 0.3) is 0 Å². The van der Waals surface area contributed by atoms with E-state index in [1.807, 2.05) is 0 Å². The van der Waals surface area contributed by atoms with Gasteiger partial charge in [0.05, 0.1) is 12.0 Å². The first-order chi connectivity index (χ1) is 13.8. The number of benzene rings is 2. The summed E-state index contributed by atoms with van der Waals surface area (Å²) in [5.41, 5.74) is 0.849. The number of halogens is 1. The molecule has 0 aliphatic carbocycles. The van der Waals surface area contributed by atoms with Crippen LogP contribution in [0.15, 0.2) is 53.4 Å². The quantitative estimate of drug-likeness (QED) is 0.721. The highest BCUT2D eigenvalue weighted by atomic mass is 32.2. The lowest BCUT2D eigenvalue weighted by atomic mass is 9.96. The molecule has 0 aromatic heterocycles. The van der Waals surface area contributed by atoms with E-state index in [9.17, 15) is 17.6 Å². The van der Waals surface area contributed by atoms with Gasteiger partial charge in [0, 0.05) is 32.6 Å². The molecule has 0 bridgehead atoms. The van der Waals surface area contributed by atoms with E-state index >= 15 is 0 Å². The zero-order valence-corrected chi connectivity index (χ0v) is 17.4. The van der Waals surface area contributed by atoms with Crippen molar-refractivity contribution < 1.29 is 22.3 Å². The minimum Gasteiger partial charge on any atom is -0.497 e. The Labute approximate surface area is 170 Å². The fourth-order valence-electron chi connectivity index (χ4n) is 3.49. The van der Waals surface area contributed by atoms with Crippen LogP contribution in [0.4, 0.5) is 4.39 Å². The molecule has 6 nitrogen and oxygen atoms in total. The second-order valence-electron chi connectivity index (χ2n) is 7.17. The third kappa shape index (κ3) is 4.94. The van der Waals surface area contributed by atoms with Crippen LogP contribution in [0.1, 0.15) is 18.4 Å². The lowest BCUT2D eigenvalue weighted by Crippen LogP contribution is -2.43. The number of hydrogen-bond acceptors (Lipinski definition) is 4. The molecule has 2 aromatic rings. The average Bonchev–Trinajstić information content (AvgIpc) is 2.75. The Kier molecular flexibility index (Phi) is 6.54. The van der Waals surface area contributed by atoms with Gasteiger partial charge in [0.2, 0.25) is 15.9 Å². The number of ether oxygens (including phenoxy) is 1. The van der Waals surface area contributed by atoms with Crippen LogP contribution < -0.4 is 4.74 Å². The van der Waals surface area contributed by atoms with E-state index in [1.165, 1.54) is 35.7 Å². The van der Waals surface area contributed by atoms with Gasteiger partial charge >= 0.3 is 0 Å². The first-order valence-electron chi connectivity index (χ1n) is 9.45. The van der Waals surface area contributed by atoms with Gasteiger partial charge in [0.1, 0.15) is 11.6 Å². The molecule has 0 N–H and O–H groups in total. The van der Waals surface area contributed by atoms with Crippen molar-refractivity contribution in [2.24, 2.45) is 5.92 Å². The van der Waals surface area contributed by atoms with Crippen molar-refractivity contribution in [1.82, 2.24) is 9.21 Å². The molecule has 1 saturated heterocycles. The molecule has 1 fully saturated rings. The monoisotopic (exact) mass is 420 g/mol. The largest absolute Gasteiger partial charge is 0.497 e. The fraction of sp³-hybridized carbons (Fsp3) is 0.381. The normalized spacial score (nSPS) is 15.8. The number of carbonyl (C=O) groups excluding carboxylic acids is 1. The fourth-order valence-corrected chi connectivity index (χ4v) is 4.96. The van der Waals surface area contributed by atoms with Crippen molar-refractivity contribution in [2.75, 3.05) is 27.2 Å². The lowest BCUT2D eigenvalue weighted by Gasteiger charge is -2.32. The molecule has 29 heavy (non-hydrogen) atoms. The average molecular weight is 421 g/mol. The second kappa shape index (κ2) is 8.92. The molecule has 1 aliphatic heterocycles. The van der Waals surface area contributed by atoms with Crippen molar-refractivity contribution in [3.05, 3.63) is 59.9 Å². The molecule has 1 aliphatic rings. The number of hydrogen-bond donors (Lipinski definition) is 0. The molecular formula is C21H25FN2O4S. The predicted molar refractivity (Wildman–Crippen MR) is 107 cm³/mol. The van der Waals surface area contributed by atoms with Gasteiger partial charge in [-0.05, 0) is 54.8 Å². The molecule has 0 unspecified atom stereocenters. The summed E-state index contributed by atoms with van der Waals surface area (Å²) in [6.07, 6.45) is 0.948. The van der Waals surface area contributed by atoms with Crippen LogP contribution in [0.3, 0.4) is 0 Å². The Morgan fingerprint density at radius 1 is 1.10 bits per heavy atom. The number of rotatable bonds is 6. The molecule has 1 amide bonds. The third-order valence-corrected chi connectivity index (χ3v) is 7.12. The summed E-state index contributed by atoms with van der Waals surface area (Å²) in [4.78, 5) is 14.6. The van der Waals surface area contributed by atoms with Gasteiger partial charge in [-0.3, -0.25) is 4.79 Å². The molecular weight excluding hydrogens is 395 g/mol. The number of piperidine rings is 1.